The molecule has 0 spiro atoms. The van der Waals surface area contributed by atoms with E-state index in [1.54, 1.807) is 4.57 Å². The quantitative estimate of drug-likeness (QED) is 0.449. The molecule has 1 aliphatic rings. The Bertz CT molecular complexity index is 1320. The van der Waals surface area contributed by atoms with E-state index in [1.165, 1.54) is 18.4 Å². The summed E-state index contributed by atoms with van der Waals surface area (Å²) in [5.41, 5.74) is 7.45. The number of fused-ring (bicyclic) bond motifs is 1. The minimum atomic E-state index is 0.0884. The van der Waals surface area contributed by atoms with Gasteiger partial charge in [-0.05, 0) is 38.0 Å². The third-order valence-corrected chi connectivity index (χ3v) is 6.63. The molecular formula is C26H30N4O. The van der Waals surface area contributed by atoms with Crippen LogP contribution in [0.2, 0.25) is 0 Å². The molecule has 1 aliphatic carbocycles. The molecule has 2 heterocycles. The van der Waals surface area contributed by atoms with Crippen molar-refractivity contribution < 1.29 is 0 Å². The summed E-state index contributed by atoms with van der Waals surface area (Å²) in [6.45, 7) is 6.40. The maximum atomic E-state index is 13.0. The third-order valence-electron chi connectivity index (χ3n) is 6.63. The molecule has 0 unspecified atom stereocenters. The lowest BCUT2D eigenvalue weighted by molar-refractivity contribution is 0.509. The van der Waals surface area contributed by atoms with Gasteiger partial charge in [-0.3, -0.25) is 9.13 Å². The van der Waals surface area contributed by atoms with Crippen LogP contribution in [0.3, 0.4) is 0 Å². The topological polar surface area (TPSA) is 55.6 Å². The Labute approximate surface area is 182 Å². The van der Waals surface area contributed by atoms with Crippen LogP contribution in [-0.4, -0.2) is 19.1 Å². The molecule has 5 heteroatoms. The summed E-state index contributed by atoms with van der Waals surface area (Å²) >= 11 is 0. The fourth-order valence-corrected chi connectivity index (χ4v) is 4.91. The largest absolute Gasteiger partial charge is 0.341 e. The van der Waals surface area contributed by atoms with Crippen LogP contribution in [0.1, 0.15) is 62.9 Å². The Kier molecular flexibility index (Phi) is 4.84. The lowest BCUT2D eigenvalue weighted by Gasteiger charge is -2.11. The number of H-pyrrole nitrogens is 1. The van der Waals surface area contributed by atoms with Crippen molar-refractivity contribution in [2.45, 2.75) is 58.4 Å². The zero-order valence-corrected chi connectivity index (χ0v) is 18.8. The van der Waals surface area contributed by atoms with Crippen LogP contribution in [0.25, 0.3) is 33.5 Å². The zero-order valence-electron chi connectivity index (χ0n) is 18.8. The maximum absolute atomic E-state index is 13.0. The first-order valence-electron chi connectivity index (χ1n) is 11.3. The van der Waals surface area contributed by atoms with Crippen molar-refractivity contribution in [2.24, 2.45) is 7.05 Å². The van der Waals surface area contributed by atoms with Crippen molar-refractivity contribution in [1.29, 1.82) is 0 Å². The summed E-state index contributed by atoms with van der Waals surface area (Å²) < 4.78 is 3.81. The number of aryl methyl sites for hydroxylation is 2. The fraction of sp³-hybridized carbons (Fsp3) is 0.385. The van der Waals surface area contributed by atoms with E-state index < -0.39 is 0 Å². The molecule has 1 saturated carbocycles. The molecule has 5 rings (SSSR count). The third kappa shape index (κ3) is 3.32. The molecule has 5 nitrogen and oxygen atoms in total. The second-order valence-electron chi connectivity index (χ2n) is 9.22. The standard InChI is InChI=1S/C26H30N4O/c1-16(2)25-27-23(18-9-7-8-17(3)14-18)24(28-25)19-12-13-21-22(15-19)29(4)26(31)30(21)20-10-5-6-11-20/h7-9,12-16,20H,5-6,10-11H2,1-4H3,(H,27,28). The minimum absolute atomic E-state index is 0.0884. The Hall–Kier alpha value is -3.08. The molecular weight excluding hydrogens is 384 g/mol. The molecule has 0 bridgehead atoms. The van der Waals surface area contributed by atoms with Gasteiger partial charge in [0.1, 0.15) is 5.82 Å². The van der Waals surface area contributed by atoms with Gasteiger partial charge in [-0.2, -0.15) is 0 Å². The second-order valence-corrected chi connectivity index (χ2v) is 9.22. The van der Waals surface area contributed by atoms with Gasteiger partial charge in [0.2, 0.25) is 0 Å². The van der Waals surface area contributed by atoms with Crippen LogP contribution in [-0.2, 0) is 7.05 Å². The number of benzene rings is 2. The molecule has 160 valence electrons. The number of hydrogen-bond donors (Lipinski definition) is 1. The summed E-state index contributed by atoms with van der Waals surface area (Å²) in [5.74, 6) is 1.28. The molecule has 1 fully saturated rings. The molecule has 0 radical (unpaired) electrons. The van der Waals surface area contributed by atoms with E-state index in [2.05, 4.69) is 68.2 Å². The van der Waals surface area contributed by atoms with Crippen molar-refractivity contribution >= 4 is 11.0 Å². The first kappa shape index (κ1) is 19.9. The van der Waals surface area contributed by atoms with E-state index in [0.717, 1.165) is 52.2 Å². The monoisotopic (exact) mass is 414 g/mol. The fourth-order valence-electron chi connectivity index (χ4n) is 4.91. The highest BCUT2D eigenvalue weighted by Crippen LogP contribution is 2.35. The van der Waals surface area contributed by atoms with Gasteiger partial charge in [-0.1, -0.05) is 56.5 Å². The molecule has 4 aromatic rings. The number of aromatic amines is 1. The Balaban J connectivity index is 1.69. The van der Waals surface area contributed by atoms with Crippen LogP contribution in [0.5, 0.6) is 0 Å². The van der Waals surface area contributed by atoms with Crippen LogP contribution < -0.4 is 5.69 Å². The highest BCUT2D eigenvalue weighted by Gasteiger charge is 2.23. The Morgan fingerprint density at radius 3 is 2.52 bits per heavy atom. The number of nitrogens with one attached hydrogen (secondary N) is 1. The summed E-state index contributed by atoms with van der Waals surface area (Å²) in [7, 11) is 1.88. The van der Waals surface area contributed by atoms with Crippen molar-refractivity contribution in [3.63, 3.8) is 0 Å². The van der Waals surface area contributed by atoms with Crippen molar-refractivity contribution in [1.82, 2.24) is 19.1 Å². The van der Waals surface area contributed by atoms with E-state index in [4.69, 9.17) is 4.98 Å². The van der Waals surface area contributed by atoms with Gasteiger partial charge in [0.25, 0.3) is 0 Å². The highest BCUT2D eigenvalue weighted by atomic mass is 16.1. The maximum Gasteiger partial charge on any atom is 0.329 e. The second kappa shape index (κ2) is 7.56. The highest BCUT2D eigenvalue weighted by molar-refractivity contribution is 5.86. The van der Waals surface area contributed by atoms with Crippen molar-refractivity contribution in [3.05, 3.63) is 64.3 Å². The Morgan fingerprint density at radius 1 is 1.03 bits per heavy atom. The van der Waals surface area contributed by atoms with E-state index in [1.807, 2.05) is 11.6 Å². The van der Waals surface area contributed by atoms with E-state index in [0.29, 0.717) is 12.0 Å². The SMILES string of the molecule is Cc1cccc(-c2nc(C(C)C)[nH]c2-c2ccc3c(c2)n(C)c(=O)n3C2CCCC2)c1. The molecule has 0 saturated heterocycles. The summed E-state index contributed by atoms with van der Waals surface area (Å²) in [4.78, 5) is 21.6. The van der Waals surface area contributed by atoms with Crippen molar-refractivity contribution in [3.8, 4) is 22.5 Å². The predicted octanol–water partition coefficient (Wildman–Crippen LogP) is 5.94. The number of rotatable bonds is 4. The summed E-state index contributed by atoms with van der Waals surface area (Å²) in [6.07, 6.45) is 4.60. The van der Waals surface area contributed by atoms with E-state index in [-0.39, 0.29) is 5.69 Å². The van der Waals surface area contributed by atoms with Gasteiger partial charge in [-0.25, -0.2) is 9.78 Å². The lowest BCUT2D eigenvalue weighted by atomic mass is 10.0. The molecule has 1 N–H and O–H groups in total. The first-order valence-corrected chi connectivity index (χ1v) is 11.3. The van der Waals surface area contributed by atoms with Crippen LogP contribution >= 0.6 is 0 Å². The normalized spacial score (nSPS) is 14.9. The van der Waals surface area contributed by atoms with Gasteiger partial charge in [0, 0.05) is 30.1 Å². The Morgan fingerprint density at radius 2 is 1.81 bits per heavy atom. The average Bonchev–Trinajstić information content (AvgIpc) is 3.48. The number of hydrogen-bond acceptors (Lipinski definition) is 2. The van der Waals surface area contributed by atoms with E-state index >= 15 is 0 Å². The summed E-state index contributed by atoms with van der Waals surface area (Å²) in [5, 5.41) is 0. The van der Waals surface area contributed by atoms with Crippen LogP contribution in [0.4, 0.5) is 0 Å². The first-order chi connectivity index (χ1) is 14.9. The molecule has 31 heavy (non-hydrogen) atoms. The van der Waals surface area contributed by atoms with E-state index in [9.17, 15) is 4.79 Å². The van der Waals surface area contributed by atoms with Crippen molar-refractivity contribution in [2.75, 3.05) is 0 Å². The lowest BCUT2D eigenvalue weighted by Crippen LogP contribution is -2.24. The number of imidazole rings is 2. The van der Waals surface area contributed by atoms with Gasteiger partial charge in [-0.15, -0.1) is 0 Å². The van der Waals surface area contributed by atoms with Gasteiger partial charge in [0.15, 0.2) is 0 Å². The summed E-state index contributed by atoms with van der Waals surface area (Å²) in [6, 6.07) is 15.2. The smallest absolute Gasteiger partial charge is 0.329 e. The number of aromatic nitrogens is 4. The molecule has 0 amide bonds. The zero-order chi connectivity index (χ0) is 21.7. The molecule has 0 atom stereocenters. The minimum Gasteiger partial charge on any atom is -0.341 e. The van der Waals surface area contributed by atoms with Gasteiger partial charge < -0.3 is 4.98 Å². The molecule has 2 aromatic carbocycles. The van der Waals surface area contributed by atoms with Gasteiger partial charge >= 0.3 is 5.69 Å². The predicted molar refractivity (Wildman–Crippen MR) is 127 cm³/mol. The number of nitrogens with zero attached hydrogens (tertiary/aromatic N) is 3. The average molecular weight is 415 g/mol. The van der Waals surface area contributed by atoms with Crippen LogP contribution in [0.15, 0.2) is 47.3 Å². The van der Waals surface area contributed by atoms with Gasteiger partial charge in [0.05, 0.1) is 22.4 Å². The molecule has 2 aromatic heterocycles. The van der Waals surface area contributed by atoms with Crippen LogP contribution in [0, 0.1) is 6.92 Å². The molecule has 0 aliphatic heterocycles.